The van der Waals surface area contributed by atoms with E-state index in [2.05, 4.69) is 18.9 Å². The summed E-state index contributed by atoms with van der Waals surface area (Å²) in [6.07, 6.45) is 0.931. The average molecular weight is 212 g/mol. The lowest BCUT2D eigenvalue weighted by molar-refractivity contribution is 0.471. The van der Waals surface area contributed by atoms with Crippen molar-refractivity contribution in [2.24, 2.45) is 5.92 Å². The number of hydrogen-bond acceptors (Lipinski definition) is 2. The Kier molecular flexibility index (Phi) is 2.72. The molecule has 0 aliphatic carbocycles. The van der Waals surface area contributed by atoms with Crippen molar-refractivity contribution in [3.63, 3.8) is 0 Å². The first-order chi connectivity index (χ1) is 6.68. The Balaban J connectivity index is 2.36. The molecular weight excluding hydrogens is 196 g/mol. The first-order valence-corrected chi connectivity index (χ1v) is 6.22. The van der Waals surface area contributed by atoms with E-state index in [0.29, 0.717) is 5.92 Å². The van der Waals surface area contributed by atoms with Crippen LogP contribution in [0.1, 0.15) is 25.1 Å². The molecular formula is C10H16N2OS. The Labute approximate surface area is 87.9 Å². The Hall–Kier alpha value is -0.640. The van der Waals surface area contributed by atoms with Crippen LogP contribution in [-0.2, 0) is 18.7 Å². The molecule has 2 heterocycles. The highest BCUT2D eigenvalue weighted by molar-refractivity contribution is 7.98. The Morgan fingerprint density at radius 1 is 1.57 bits per heavy atom. The fourth-order valence-electron chi connectivity index (χ4n) is 1.84. The van der Waals surface area contributed by atoms with Gasteiger partial charge in [-0.3, -0.25) is 14.6 Å². The first kappa shape index (κ1) is 9.90. The molecule has 4 heteroatoms. The van der Waals surface area contributed by atoms with Gasteiger partial charge in [0.2, 0.25) is 0 Å². The van der Waals surface area contributed by atoms with E-state index >= 15 is 0 Å². The van der Waals surface area contributed by atoms with Crippen LogP contribution in [0.15, 0.2) is 4.79 Å². The average Bonchev–Trinajstić information content (AvgIpc) is 2.44. The molecule has 0 spiro atoms. The standard InChI is InChI=1S/C10H16N2OS/c1-7(2)5-12-9-6-14-4-3-8(9)10(13)11-12/h7H,3-6H2,1-2H3,(H,11,13). The Bertz CT molecular complexity index is 378. The van der Waals surface area contributed by atoms with E-state index in [1.165, 1.54) is 5.69 Å². The number of thioether (sulfide) groups is 1. The molecule has 1 N–H and O–H groups in total. The zero-order valence-electron chi connectivity index (χ0n) is 8.67. The molecule has 0 saturated heterocycles. The largest absolute Gasteiger partial charge is 0.288 e. The highest BCUT2D eigenvalue weighted by Crippen LogP contribution is 2.22. The summed E-state index contributed by atoms with van der Waals surface area (Å²) in [5, 5.41) is 2.93. The van der Waals surface area contributed by atoms with Gasteiger partial charge in [-0.2, -0.15) is 11.8 Å². The fraction of sp³-hybridized carbons (Fsp3) is 0.700. The van der Waals surface area contributed by atoms with Gasteiger partial charge in [0.25, 0.3) is 5.56 Å². The quantitative estimate of drug-likeness (QED) is 0.809. The van der Waals surface area contributed by atoms with Crippen LogP contribution in [0.25, 0.3) is 0 Å². The molecule has 0 amide bonds. The number of hydrogen-bond donors (Lipinski definition) is 1. The third-order valence-electron chi connectivity index (χ3n) is 2.47. The summed E-state index contributed by atoms with van der Waals surface area (Å²) in [6, 6.07) is 0. The molecule has 1 aliphatic rings. The molecule has 3 nitrogen and oxygen atoms in total. The number of rotatable bonds is 2. The van der Waals surface area contributed by atoms with E-state index < -0.39 is 0 Å². The van der Waals surface area contributed by atoms with Crippen molar-refractivity contribution in [2.45, 2.75) is 32.6 Å². The molecule has 14 heavy (non-hydrogen) atoms. The molecule has 0 radical (unpaired) electrons. The second-order valence-electron chi connectivity index (χ2n) is 4.17. The SMILES string of the molecule is CC(C)Cn1[nH]c(=O)c2c1CSCC2. The third-order valence-corrected chi connectivity index (χ3v) is 3.44. The smallest absolute Gasteiger partial charge is 0.267 e. The molecule has 2 rings (SSSR count). The lowest BCUT2D eigenvalue weighted by Crippen LogP contribution is -2.12. The summed E-state index contributed by atoms with van der Waals surface area (Å²) >= 11 is 1.91. The van der Waals surface area contributed by atoms with Crippen molar-refractivity contribution in [3.05, 3.63) is 21.6 Å². The third kappa shape index (κ3) is 1.75. The topological polar surface area (TPSA) is 37.8 Å². The molecule has 0 atom stereocenters. The molecule has 1 aromatic rings. The highest BCUT2D eigenvalue weighted by Gasteiger charge is 2.18. The minimum atomic E-state index is 0.126. The van der Waals surface area contributed by atoms with Crippen molar-refractivity contribution in [1.82, 2.24) is 9.78 Å². The van der Waals surface area contributed by atoms with Gasteiger partial charge >= 0.3 is 0 Å². The van der Waals surface area contributed by atoms with Gasteiger partial charge in [-0.1, -0.05) is 13.8 Å². The van der Waals surface area contributed by atoms with Crippen molar-refractivity contribution >= 4 is 11.8 Å². The predicted octanol–water partition coefficient (Wildman–Crippen LogP) is 1.62. The van der Waals surface area contributed by atoms with Gasteiger partial charge in [-0.05, 0) is 18.1 Å². The molecule has 1 aliphatic heterocycles. The molecule has 0 unspecified atom stereocenters. The van der Waals surface area contributed by atoms with Gasteiger partial charge in [0.05, 0.1) is 5.69 Å². The lowest BCUT2D eigenvalue weighted by atomic mass is 10.2. The van der Waals surface area contributed by atoms with Crippen LogP contribution in [-0.4, -0.2) is 15.5 Å². The molecule has 0 bridgehead atoms. The van der Waals surface area contributed by atoms with Crippen LogP contribution in [0.3, 0.4) is 0 Å². The summed E-state index contributed by atoms with van der Waals surface area (Å²) in [5.74, 6) is 2.65. The van der Waals surface area contributed by atoms with Crippen molar-refractivity contribution in [3.8, 4) is 0 Å². The summed E-state index contributed by atoms with van der Waals surface area (Å²) in [7, 11) is 0. The maximum absolute atomic E-state index is 11.6. The van der Waals surface area contributed by atoms with Gasteiger partial charge in [-0.15, -0.1) is 0 Å². The summed E-state index contributed by atoms with van der Waals surface area (Å²) in [6.45, 7) is 5.26. The van der Waals surface area contributed by atoms with Gasteiger partial charge in [-0.25, -0.2) is 0 Å². The summed E-state index contributed by atoms with van der Waals surface area (Å²) in [5.41, 5.74) is 2.37. The van der Waals surface area contributed by atoms with Crippen LogP contribution in [0.4, 0.5) is 0 Å². The van der Waals surface area contributed by atoms with Crippen LogP contribution >= 0.6 is 11.8 Å². The molecule has 0 fully saturated rings. The monoisotopic (exact) mass is 212 g/mol. The van der Waals surface area contributed by atoms with Crippen LogP contribution in [0.5, 0.6) is 0 Å². The van der Waals surface area contributed by atoms with Crippen LogP contribution in [0.2, 0.25) is 0 Å². The van der Waals surface area contributed by atoms with E-state index in [0.717, 1.165) is 30.0 Å². The Morgan fingerprint density at radius 3 is 3.07 bits per heavy atom. The van der Waals surface area contributed by atoms with Gasteiger partial charge in [0, 0.05) is 17.9 Å². The van der Waals surface area contributed by atoms with Crippen molar-refractivity contribution in [1.29, 1.82) is 0 Å². The minimum absolute atomic E-state index is 0.126. The molecule has 0 saturated carbocycles. The van der Waals surface area contributed by atoms with E-state index in [4.69, 9.17) is 0 Å². The van der Waals surface area contributed by atoms with E-state index in [1.54, 1.807) is 0 Å². The summed E-state index contributed by atoms with van der Waals surface area (Å²) in [4.78, 5) is 11.6. The van der Waals surface area contributed by atoms with E-state index in [-0.39, 0.29) is 5.56 Å². The molecule has 1 aromatic heterocycles. The summed E-state index contributed by atoms with van der Waals surface area (Å²) < 4.78 is 2.04. The zero-order chi connectivity index (χ0) is 10.1. The van der Waals surface area contributed by atoms with Crippen molar-refractivity contribution in [2.75, 3.05) is 5.75 Å². The minimum Gasteiger partial charge on any atom is -0.288 e. The second kappa shape index (κ2) is 3.85. The van der Waals surface area contributed by atoms with Crippen molar-refractivity contribution < 1.29 is 0 Å². The molecule has 0 aromatic carbocycles. The normalized spacial score (nSPS) is 15.9. The number of H-pyrrole nitrogens is 1. The van der Waals surface area contributed by atoms with Crippen LogP contribution in [0, 0.1) is 5.92 Å². The van der Waals surface area contributed by atoms with Gasteiger partial charge < -0.3 is 0 Å². The number of fused-ring (bicyclic) bond motifs is 1. The number of nitrogens with zero attached hydrogens (tertiary/aromatic N) is 1. The number of aromatic amines is 1. The number of aromatic nitrogens is 2. The van der Waals surface area contributed by atoms with E-state index in [9.17, 15) is 4.79 Å². The van der Waals surface area contributed by atoms with Gasteiger partial charge in [0.1, 0.15) is 0 Å². The first-order valence-electron chi connectivity index (χ1n) is 5.06. The zero-order valence-corrected chi connectivity index (χ0v) is 9.49. The van der Waals surface area contributed by atoms with Gasteiger partial charge in [0.15, 0.2) is 0 Å². The second-order valence-corrected chi connectivity index (χ2v) is 5.28. The fourth-order valence-corrected chi connectivity index (χ4v) is 2.85. The Morgan fingerprint density at radius 2 is 2.36 bits per heavy atom. The highest BCUT2D eigenvalue weighted by atomic mass is 32.2. The maximum Gasteiger partial charge on any atom is 0.267 e. The van der Waals surface area contributed by atoms with E-state index in [1.807, 2.05) is 16.4 Å². The maximum atomic E-state index is 11.6. The molecule has 78 valence electrons. The lowest BCUT2D eigenvalue weighted by Gasteiger charge is -2.14. The predicted molar refractivity (Wildman–Crippen MR) is 59.8 cm³/mol. The van der Waals surface area contributed by atoms with Crippen LogP contribution < -0.4 is 5.56 Å². The number of nitrogens with one attached hydrogen (secondary N) is 1.